The van der Waals surface area contributed by atoms with Gasteiger partial charge in [0.2, 0.25) is 0 Å². The van der Waals surface area contributed by atoms with Crippen LogP contribution in [0.4, 0.5) is 0 Å². The number of hydrogen-bond donors (Lipinski definition) is 2. The maximum absolute atomic E-state index is 12.5. The third kappa shape index (κ3) is 3.70. The number of carbonyl (C=O) groups excluding carboxylic acids is 1. The Morgan fingerprint density at radius 2 is 2.08 bits per heavy atom. The summed E-state index contributed by atoms with van der Waals surface area (Å²) in [7, 11) is 0. The zero-order valence-corrected chi connectivity index (χ0v) is 14.8. The molecule has 1 aromatic rings. The Hall–Kier alpha value is -1.51. The highest BCUT2D eigenvalue weighted by atomic mass is 16.5. The molecule has 1 aliphatic carbocycles. The first kappa shape index (κ1) is 16.9. The van der Waals surface area contributed by atoms with Crippen LogP contribution in [0.3, 0.4) is 0 Å². The lowest BCUT2D eigenvalue weighted by molar-refractivity contribution is -0.0390. The van der Waals surface area contributed by atoms with Gasteiger partial charge in [-0.3, -0.25) is 9.69 Å². The number of carbonyl (C=O) groups is 1. The maximum atomic E-state index is 12.5. The van der Waals surface area contributed by atoms with E-state index < -0.39 is 0 Å². The van der Waals surface area contributed by atoms with Gasteiger partial charge in [-0.05, 0) is 39.0 Å². The van der Waals surface area contributed by atoms with Crippen LogP contribution in [0.25, 0.3) is 0 Å². The Kier molecular flexibility index (Phi) is 4.75. The quantitative estimate of drug-likeness (QED) is 0.816. The summed E-state index contributed by atoms with van der Waals surface area (Å²) >= 11 is 0. The molecule has 0 aromatic carbocycles. The topological polar surface area (TPSA) is 98.3 Å². The summed E-state index contributed by atoms with van der Waals surface area (Å²) in [6.07, 6.45) is 7.01. The van der Waals surface area contributed by atoms with Crippen LogP contribution in [-0.2, 0) is 4.74 Å². The molecule has 8 nitrogen and oxygen atoms in total. The summed E-state index contributed by atoms with van der Waals surface area (Å²) in [5, 5.41) is 11.4. The van der Waals surface area contributed by atoms with Gasteiger partial charge in [0.15, 0.2) is 5.69 Å². The lowest BCUT2D eigenvalue weighted by Crippen LogP contribution is -2.45. The Labute approximate surface area is 148 Å². The minimum Gasteiger partial charge on any atom is -0.376 e. The van der Waals surface area contributed by atoms with Crippen molar-refractivity contribution in [3.8, 4) is 0 Å². The van der Waals surface area contributed by atoms with E-state index in [2.05, 4.69) is 27.5 Å². The fraction of sp³-hybridized carbons (Fsp3) is 0.824. The van der Waals surface area contributed by atoms with Crippen molar-refractivity contribution in [2.45, 2.75) is 69.3 Å². The highest BCUT2D eigenvalue weighted by Crippen LogP contribution is 2.27. The molecule has 0 radical (unpaired) electrons. The number of amides is 1. The molecular formula is C17H28N6O2. The molecule has 0 spiro atoms. The Balaban J connectivity index is 1.33. The van der Waals surface area contributed by atoms with Crippen molar-refractivity contribution in [3.05, 3.63) is 11.9 Å². The first-order valence-electron chi connectivity index (χ1n) is 9.42. The SMILES string of the molecule is CC1CN2CC(NC(=O)c3cn(C4CCC(N)CC4)nn3)CC2CO1. The second-order valence-electron chi connectivity index (χ2n) is 7.81. The molecule has 0 bridgehead atoms. The summed E-state index contributed by atoms with van der Waals surface area (Å²) in [4.78, 5) is 14.9. The average molecular weight is 348 g/mol. The molecule has 4 rings (SSSR count). The molecule has 8 heteroatoms. The molecule has 138 valence electrons. The van der Waals surface area contributed by atoms with Gasteiger partial charge in [-0.25, -0.2) is 4.68 Å². The van der Waals surface area contributed by atoms with Crippen molar-refractivity contribution in [3.63, 3.8) is 0 Å². The van der Waals surface area contributed by atoms with Gasteiger partial charge in [0.25, 0.3) is 5.91 Å². The molecule has 3 N–H and O–H groups in total. The van der Waals surface area contributed by atoms with Crippen molar-refractivity contribution in [1.29, 1.82) is 0 Å². The molecule has 3 aliphatic rings. The van der Waals surface area contributed by atoms with Gasteiger partial charge < -0.3 is 15.8 Å². The first-order valence-corrected chi connectivity index (χ1v) is 9.42. The molecule has 25 heavy (non-hydrogen) atoms. The Bertz CT molecular complexity index is 612. The molecule has 3 unspecified atom stereocenters. The van der Waals surface area contributed by atoms with Crippen molar-refractivity contribution in [2.24, 2.45) is 5.73 Å². The van der Waals surface area contributed by atoms with Gasteiger partial charge in [-0.1, -0.05) is 5.21 Å². The van der Waals surface area contributed by atoms with Crippen LogP contribution in [-0.4, -0.2) is 69.7 Å². The summed E-state index contributed by atoms with van der Waals surface area (Å²) in [5.41, 5.74) is 6.36. The number of nitrogens with zero attached hydrogens (tertiary/aromatic N) is 4. The van der Waals surface area contributed by atoms with Crippen molar-refractivity contribution in [2.75, 3.05) is 19.7 Å². The lowest BCUT2D eigenvalue weighted by Gasteiger charge is -2.33. The summed E-state index contributed by atoms with van der Waals surface area (Å²) in [6.45, 7) is 4.68. The van der Waals surface area contributed by atoms with Crippen LogP contribution >= 0.6 is 0 Å². The third-order valence-electron chi connectivity index (χ3n) is 5.79. The smallest absolute Gasteiger partial charge is 0.273 e. The minimum atomic E-state index is -0.127. The number of fused-ring (bicyclic) bond motifs is 1. The molecule has 3 heterocycles. The standard InChI is InChI=1S/C17H28N6O2/c1-11-7-22-8-13(6-15(22)10-25-11)19-17(24)16-9-23(21-20-16)14-4-2-12(18)3-5-14/h9,11-15H,2-8,10,18H2,1H3,(H,19,24). The van der Waals surface area contributed by atoms with Gasteiger partial charge in [0, 0.05) is 31.2 Å². The fourth-order valence-electron chi connectivity index (χ4n) is 4.33. The highest BCUT2D eigenvalue weighted by Gasteiger charge is 2.37. The van der Waals surface area contributed by atoms with E-state index in [-0.39, 0.29) is 18.1 Å². The van der Waals surface area contributed by atoms with E-state index in [1.165, 1.54) is 0 Å². The minimum absolute atomic E-state index is 0.127. The number of nitrogens with one attached hydrogen (secondary N) is 1. The number of aromatic nitrogens is 3. The average Bonchev–Trinajstić information content (AvgIpc) is 3.21. The third-order valence-corrected chi connectivity index (χ3v) is 5.79. The monoisotopic (exact) mass is 348 g/mol. The van der Waals surface area contributed by atoms with Crippen molar-refractivity contribution in [1.82, 2.24) is 25.2 Å². The maximum Gasteiger partial charge on any atom is 0.273 e. The van der Waals surface area contributed by atoms with Gasteiger partial charge in [-0.15, -0.1) is 5.10 Å². The van der Waals surface area contributed by atoms with Gasteiger partial charge in [-0.2, -0.15) is 0 Å². The van der Waals surface area contributed by atoms with E-state index in [4.69, 9.17) is 10.5 Å². The van der Waals surface area contributed by atoms with Crippen molar-refractivity contribution >= 4 is 5.91 Å². The van der Waals surface area contributed by atoms with Crippen LogP contribution in [0.2, 0.25) is 0 Å². The summed E-state index contributed by atoms with van der Waals surface area (Å²) in [5.74, 6) is -0.127. The molecule has 3 atom stereocenters. The molecule has 1 aromatic heterocycles. The van der Waals surface area contributed by atoms with Gasteiger partial charge >= 0.3 is 0 Å². The number of morpholine rings is 1. The predicted molar refractivity (Wildman–Crippen MR) is 92.1 cm³/mol. The highest BCUT2D eigenvalue weighted by molar-refractivity contribution is 5.92. The zero-order valence-electron chi connectivity index (χ0n) is 14.8. The van der Waals surface area contributed by atoms with E-state index >= 15 is 0 Å². The second-order valence-corrected chi connectivity index (χ2v) is 7.81. The molecule has 2 saturated heterocycles. The second kappa shape index (κ2) is 7.01. The molecule has 3 fully saturated rings. The van der Waals surface area contributed by atoms with E-state index in [0.29, 0.717) is 23.8 Å². The predicted octanol–water partition coefficient (Wildman–Crippen LogP) is 0.312. The fourth-order valence-corrected chi connectivity index (χ4v) is 4.33. The summed E-state index contributed by atoms with van der Waals surface area (Å²) in [6, 6.07) is 1.19. The van der Waals surface area contributed by atoms with Crippen LogP contribution < -0.4 is 11.1 Å². The first-order chi connectivity index (χ1) is 12.1. The van der Waals surface area contributed by atoms with E-state index in [1.54, 1.807) is 6.20 Å². The molecule has 2 aliphatic heterocycles. The van der Waals surface area contributed by atoms with E-state index in [1.807, 2.05) is 4.68 Å². The Morgan fingerprint density at radius 3 is 2.88 bits per heavy atom. The molecule has 1 amide bonds. The molecule has 1 saturated carbocycles. The van der Waals surface area contributed by atoms with Gasteiger partial charge in [0.1, 0.15) is 0 Å². The van der Waals surface area contributed by atoms with Crippen LogP contribution in [0.5, 0.6) is 0 Å². The normalized spacial score (nSPS) is 36.2. The van der Waals surface area contributed by atoms with Crippen LogP contribution in [0, 0.1) is 0 Å². The number of ether oxygens (including phenoxy) is 1. The largest absolute Gasteiger partial charge is 0.376 e. The van der Waals surface area contributed by atoms with Crippen molar-refractivity contribution < 1.29 is 9.53 Å². The lowest BCUT2D eigenvalue weighted by atomic mass is 9.92. The van der Waals surface area contributed by atoms with E-state index in [9.17, 15) is 4.79 Å². The summed E-state index contributed by atoms with van der Waals surface area (Å²) < 4.78 is 7.56. The number of hydrogen-bond acceptors (Lipinski definition) is 6. The zero-order chi connectivity index (χ0) is 17.4. The molecular weight excluding hydrogens is 320 g/mol. The van der Waals surface area contributed by atoms with Crippen LogP contribution in [0.1, 0.15) is 55.6 Å². The van der Waals surface area contributed by atoms with E-state index in [0.717, 1.165) is 51.8 Å². The number of rotatable bonds is 3. The Morgan fingerprint density at radius 1 is 1.28 bits per heavy atom. The van der Waals surface area contributed by atoms with Gasteiger partial charge in [0.05, 0.1) is 24.9 Å². The number of nitrogens with two attached hydrogens (primary N) is 1. The van der Waals surface area contributed by atoms with Crippen LogP contribution in [0.15, 0.2) is 6.20 Å².